The molecule has 0 amide bonds. The molecule has 0 unspecified atom stereocenters. The highest BCUT2D eigenvalue weighted by Crippen LogP contribution is 2.32. The van der Waals surface area contributed by atoms with E-state index in [1.165, 1.54) is 0 Å². The summed E-state index contributed by atoms with van der Waals surface area (Å²) in [7, 11) is 0. The molecule has 0 spiro atoms. The Kier molecular flexibility index (Phi) is 6.30. The molecule has 1 fully saturated rings. The summed E-state index contributed by atoms with van der Waals surface area (Å²) < 4.78 is 13.9. The van der Waals surface area contributed by atoms with E-state index in [2.05, 4.69) is 27.9 Å². The van der Waals surface area contributed by atoms with E-state index in [0.717, 1.165) is 78.2 Å². The van der Waals surface area contributed by atoms with Crippen molar-refractivity contribution in [3.05, 3.63) is 54.4 Å². The third kappa shape index (κ3) is 4.59. The van der Waals surface area contributed by atoms with E-state index in [0.29, 0.717) is 24.9 Å². The largest absolute Gasteiger partial charge is 0.492 e. The summed E-state index contributed by atoms with van der Waals surface area (Å²) in [6.07, 6.45) is 3.01. The van der Waals surface area contributed by atoms with Crippen LogP contribution in [0.5, 0.6) is 5.75 Å². The summed E-state index contributed by atoms with van der Waals surface area (Å²) in [5.74, 6) is 2.91. The lowest BCUT2D eigenvalue weighted by Crippen LogP contribution is -2.21. The molecule has 5 rings (SSSR count). The monoisotopic (exact) mass is 445 g/mol. The van der Waals surface area contributed by atoms with Crippen LogP contribution in [0.25, 0.3) is 21.9 Å². The predicted molar refractivity (Wildman–Crippen MR) is 133 cm³/mol. The van der Waals surface area contributed by atoms with Crippen LogP contribution in [-0.4, -0.2) is 40.9 Å². The summed E-state index contributed by atoms with van der Waals surface area (Å²) >= 11 is 0. The van der Waals surface area contributed by atoms with Crippen LogP contribution >= 0.6 is 0 Å². The maximum absolute atomic E-state index is 6.37. The Hall–Kier alpha value is -3.32. The quantitative estimate of drug-likeness (QED) is 0.384. The Morgan fingerprint density at radius 3 is 2.73 bits per heavy atom. The molecule has 0 bridgehead atoms. The first-order valence-corrected chi connectivity index (χ1v) is 11.8. The topological polar surface area (TPSA) is 87.2 Å². The van der Waals surface area contributed by atoms with Crippen LogP contribution in [0.3, 0.4) is 0 Å². The third-order valence-electron chi connectivity index (χ3n) is 6.33. The minimum Gasteiger partial charge on any atom is -0.492 e. The fourth-order valence-corrected chi connectivity index (χ4v) is 4.60. The smallest absolute Gasteiger partial charge is 0.152 e. The highest BCUT2D eigenvalue weighted by Gasteiger charge is 2.21. The number of nitrogen functional groups attached to an aromatic ring is 1. The maximum Gasteiger partial charge on any atom is 0.152 e. The highest BCUT2D eigenvalue weighted by molar-refractivity contribution is 6.06. The summed E-state index contributed by atoms with van der Waals surface area (Å²) in [4.78, 5) is 9.53. The number of benzene rings is 2. The zero-order valence-electron chi connectivity index (χ0n) is 19.1. The molecule has 0 saturated carbocycles. The van der Waals surface area contributed by atoms with Crippen molar-refractivity contribution in [3.8, 4) is 5.75 Å². The van der Waals surface area contributed by atoms with Crippen LogP contribution < -0.4 is 15.8 Å². The first kappa shape index (κ1) is 21.5. The molecular weight excluding hydrogens is 414 g/mol. The Bertz CT molecular complexity index is 1230. The molecule has 0 aliphatic carbocycles. The molecule has 4 aromatic rings. The molecule has 0 radical (unpaired) electrons. The van der Waals surface area contributed by atoms with Crippen LogP contribution in [0.4, 0.5) is 11.5 Å². The Balaban J connectivity index is 1.40. The van der Waals surface area contributed by atoms with Gasteiger partial charge in [0.05, 0.1) is 11.0 Å². The van der Waals surface area contributed by atoms with Gasteiger partial charge in [-0.15, -0.1) is 0 Å². The van der Waals surface area contributed by atoms with Gasteiger partial charge in [-0.1, -0.05) is 25.1 Å². The maximum atomic E-state index is 6.37. The highest BCUT2D eigenvalue weighted by atomic mass is 16.5. The molecule has 33 heavy (non-hydrogen) atoms. The molecular formula is C26H31N5O2. The van der Waals surface area contributed by atoms with Crippen molar-refractivity contribution in [1.29, 1.82) is 0 Å². The Morgan fingerprint density at radius 2 is 1.94 bits per heavy atom. The lowest BCUT2D eigenvalue weighted by atomic mass is 10.00. The molecule has 3 N–H and O–H groups in total. The van der Waals surface area contributed by atoms with Crippen LogP contribution in [0.2, 0.25) is 0 Å². The van der Waals surface area contributed by atoms with E-state index >= 15 is 0 Å². The lowest BCUT2D eigenvalue weighted by Gasteiger charge is -2.23. The van der Waals surface area contributed by atoms with Crippen molar-refractivity contribution >= 4 is 33.4 Å². The number of anilines is 2. The molecule has 3 heterocycles. The van der Waals surface area contributed by atoms with Crippen molar-refractivity contribution in [2.75, 3.05) is 37.4 Å². The second-order valence-corrected chi connectivity index (χ2v) is 8.56. The zero-order valence-corrected chi connectivity index (χ0v) is 19.1. The number of hydrogen-bond acceptors (Lipinski definition) is 6. The number of pyridine rings is 1. The number of fused-ring (bicyclic) bond motifs is 3. The number of aryl methyl sites for hydroxylation is 1. The number of ether oxygens (including phenoxy) is 2. The number of para-hydroxylation sites is 1. The standard InChI is InChI=1S/C26H31N5O2/c1-2-23-30-24-25(31(23)17-18-10-13-32-14-11-18)21-9-8-20(16-22(21)29-26(24)27)33-15-12-28-19-6-4-3-5-7-19/h3-9,16,18,28H,2,10-15,17H2,1H3,(H2,27,29). The molecule has 7 nitrogen and oxygen atoms in total. The molecule has 1 aliphatic heterocycles. The number of rotatable bonds is 8. The second-order valence-electron chi connectivity index (χ2n) is 8.56. The minimum atomic E-state index is 0.473. The van der Waals surface area contributed by atoms with E-state index < -0.39 is 0 Å². The van der Waals surface area contributed by atoms with Crippen molar-refractivity contribution in [2.24, 2.45) is 5.92 Å². The summed E-state index contributed by atoms with van der Waals surface area (Å²) in [6, 6.07) is 16.2. The van der Waals surface area contributed by atoms with E-state index in [4.69, 9.17) is 20.2 Å². The van der Waals surface area contributed by atoms with E-state index in [-0.39, 0.29) is 0 Å². The molecule has 1 saturated heterocycles. The van der Waals surface area contributed by atoms with E-state index in [1.807, 2.05) is 42.5 Å². The molecule has 1 aliphatic rings. The van der Waals surface area contributed by atoms with Gasteiger partial charge in [0.2, 0.25) is 0 Å². The Morgan fingerprint density at radius 1 is 1.12 bits per heavy atom. The van der Waals surface area contributed by atoms with Gasteiger partial charge >= 0.3 is 0 Å². The third-order valence-corrected chi connectivity index (χ3v) is 6.33. The van der Waals surface area contributed by atoms with Crippen molar-refractivity contribution in [2.45, 2.75) is 32.7 Å². The summed E-state index contributed by atoms with van der Waals surface area (Å²) in [5, 5.41) is 4.42. The average molecular weight is 446 g/mol. The number of nitrogens with zero attached hydrogens (tertiary/aromatic N) is 3. The second kappa shape index (κ2) is 9.67. The van der Waals surface area contributed by atoms with E-state index in [9.17, 15) is 0 Å². The van der Waals surface area contributed by atoms with Crippen LogP contribution in [-0.2, 0) is 17.7 Å². The van der Waals surface area contributed by atoms with Gasteiger partial charge in [-0.3, -0.25) is 0 Å². The normalized spacial score (nSPS) is 14.7. The van der Waals surface area contributed by atoms with Gasteiger partial charge in [0.25, 0.3) is 0 Å². The molecule has 0 atom stereocenters. The van der Waals surface area contributed by atoms with Gasteiger partial charge in [-0.05, 0) is 43.0 Å². The first-order chi connectivity index (χ1) is 16.2. The molecule has 7 heteroatoms. The number of aromatic nitrogens is 3. The lowest BCUT2D eigenvalue weighted by molar-refractivity contribution is 0.0614. The van der Waals surface area contributed by atoms with Gasteiger partial charge < -0.3 is 25.1 Å². The number of imidazole rings is 1. The van der Waals surface area contributed by atoms with Crippen LogP contribution in [0.1, 0.15) is 25.6 Å². The van der Waals surface area contributed by atoms with Crippen molar-refractivity contribution in [3.63, 3.8) is 0 Å². The fourth-order valence-electron chi connectivity index (χ4n) is 4.60. The van der Waals surface area contributed by atoms with Gasteiger partial charge in [-0.2, -0.15) is 0 Å². The van der Waals surface area contributed by atoms with Gasteiger partial charge in [0, 0.05) is 49.9 Å². The predicted octanol–water partition coefficient (Wildman–Crippen LogP) is 4.65. The van der Waals surface area contributed by atoms with Crippen molar-refractivity contribution in [1.82, 2.24) is 14.5 Å². The fraction of sp³-hybridized carbons (Fsp3) is 0.385. The van der Waals surface area contributed by atoms with Crippen LogP contribution in [0, 0.1) is 5.92 Å². The minimum absolute atomic E-state index is 0.473. The number of nitrogens with one attached hydrogen (secondary N) is 1. The summed E-state index contributed by atoms with van der Waals surface area (Å²) in [6.45, 7) is 6.02. The molecule has 172 valence electrons. The molecule has 2 aromatic carbocycles. The SMILES string of the molecule is CCc1nc2c(N)nc3cc(OCCNc4ccccc4)ccc3c2n1CC1CCOCC1. The number of hydrogen-bond donors (Lipinski definition) is 2. The summed E-state index contributed by atoms with van der Waals surface area (Å²) in [5.41, 5.74) is 10.2. The first-order valence-electron chi connectivity index (χ1n) is 11.8. The average Bonchev–Trinajstić information content (AvgIpc) is 3.22. The number of nitrogens with two attached hydrogens (primary N) is 1. The zero-order chi connectivity index (χ0) is 22.6. The van der Waals surface area contributed by atoms with Gasteiger partial charge in [0.15, 0.2) is 5.82 Å². The van der Waals surface area contributed by atoms with Gasteiger partial charge in [-0.25, -0.2) is 9.97 Å². The molecule has 2 aromatic heterocycles. The Labute approximate surface area is 193 Å². The van der Waals surface area contributed by atoms with Crippen LogP contribution in [0.15, 0.2) is 48.5 Å². The van der Waals surface area contributed by atoms with Crippen molar-refractivity contribution < 1.29 is 9.47 Å². The van der Waals surface area contributed by atoms with Gasteiger partial charge in [0.1, 0.15) is 23.7 Å². The van der Waals surface area contributed by atoms with E-state index in [1.54, 1.807) is 0 Å².